The Morgan fingerprint density at radius 3 is 2.64 bits per heavy atom. The third kappa shape index (κ3) is 2.98. The van der Waals surface area contributed by atoms with Crippen LogP contribution in [0.25, 0.3) is 0 Å². The zero-order valence-corrected chi connectivity index (χ0v) is 13.3. The number of aliphatic hydroxyl groups is 1. The first-order valence-corrected chi connectivity index (χ1v) is 7.97. The summed E-state index contributed by atoms with van der Waals surface area (Å²) in [5, 5.41) is 15.7. The second-order valence-corrected chi connectivity index (χ2v) is 6.42. The second kappa shape index (κ2) is 6.12. The van der Waals surface area contributed by atoms with Crippen LogP contribution in [0.4, 0.5) is 18.0 Å². The average Bonchev–Trinajstić information content (AvgIpc) is 3.08. The van der Waals surface area contributed by atoms with E-state index >= 15 is 0 Å². The van der Waals surface area contributed by atoms with E-state index in [-0.39, 0.29) is 5.56 Å². The van der Waals surface area contributed by atoms with Crippen molar-refractivity contribution in [2.75, 3.05) is 0 Å². The molecular formula is C15H12F3N3O3S. The van der Waals surface area contributed by atoms with Crippen LogP contribution in [0, 0.1) is 5.92 Å². The van der Waals surface area contributed by atoms with Gasteiger partial charge in [0, 0.05) is 22.8 Å². The van der Waals surface area contributed by atoms with Crippen molar-refractivity contribution in [1.82, 2.24) is 15.6 Å². The molecular weight excluding hydrogens is 359 g/mol. The van der Waals surface area contributed by atoms with E-state index in [0.717, 1.165) is 17.5 Å². The Hall–Kier alpha value is -2.46. The Bertz CT molecular complexity index is 782. The summed E-state index contributed by atoms with van der Waals surface area (Å²) in [5.41, 5.74) is -3.81. The van der Waals surface area contributed by atoms with E-state index in [0.29, 0.717) is 4.88 Å². The van der Waals surface area contributed by atoms with Crippen LogP contribution in [0.5, 0.6) is 0 Å². The first-order valence-electron chi connectivity index (χ1n) is 7.09. The SMILES string of the molecule is O=C1N[C@@H](c2cccs2)[C@@H](C(=O)c2cccnc2)[C@@](O)(C(F)(F)F)N1. The summed E-state index contributed by atoms with van der Waals surface area (Å²) in [7, 11) is 0. The summed E-state index contributed by atoms with van der Waals surface area (Å²) in [6, 6.07) is 3.21. The molecule has 1 aliphatic heterocycles. The normalized spacial score (nSPS) is 26.6. The van der Waals surface area contributed by atoms with Crippen LogP contribution in [-0.4, -0.2) is 33.8 Å². The Balaban J connectivity index is 2.14. The van der Waals surface area contributed by atoms with Crippen molar-refractivity contribution in [3.8, 4) is 0 Å². The van der Waals surface area contributed by atoms with Gasteiger partial charge >= 0.3 is 12.2 Å². The molecule has 3 rings (SSSR count). The van der Waals surface area contributed by atoms with E-state index in [1.165, 1.54) is 29.7 Å². The third-order valence-electron chi connectivity index (χ3n) is 3.88. The van der Waals surface area contributed by atoms with E-state index in [4.69, 9.17) is 0 Å². The fourth-order valence-corrected chi connectivity index (χ4v) is 3.55. The minimum atomic E-state index is -5.26. The standard InChI is InChI=1S/C15H12F3N3O3S/c16-15(17,18)14(24)10(12(22)8-3-1-5-19-7-8)11(20-13(23)21-14)9-4-2-6-25-9/h1-7,10-11,24H,(H2,20,21,23)/t10-,11-,14+/m0/s1. The van der Waals surface area contributed by atoms with Crippen LogP contribution in [0.2, 0.25) is 0 Å². The number of amides is 2. The molecule has 0 aliphatic carbocycles. The largest absolute Gasteiger partial charge is 0.437 e. The number of ketones is 1. The number of nitrogens with zero attached hydrogens (tertiary/aromatic N) is 1. The average molecular weight is 371 g/mol. The summed E-state index contributed by atoms with van der Waals surface area (Å²) in [4.78, 5) is 28.6. The molecule has 3 heterocycles. The van der Waals surface area contributed by atoms with Crippen molar-refractivity contribution in [2.45, 2.75) is 17.9 Å². The molecule has 0 radical (unpaired) electrons. The van der Waals surface area contributed by atoms with Crippen molar-refractivity contribution in [3.05, 3.63) is 52.5 Å². The zero-order valence-electron chi connectivity index (χ0n) is 12.4. The maximum absolute atomic E-state index is 13.6. The highest BCUT2D eigenvalue weighted by molar-refractivity contribution is 7.10. The number of nitrogens with one attached hydrogen (secondary N) is 2. The van der Waals surface area contributed by atoms with Crippen LogP contribution < -0.4 is 10.6 Å². The lowest BCUT2D eigenvalue weighted by Crippen LogP contribution is -2.72. The van der Waals surface area contributed by atoms with Gasteiger partial charge in [0.2, 0.25) is 5.72 Å². The Morgan fingerprint density at radius 1 is 1.32 bits per heavy atom. The summed E-state index contributed by atoms with van der Waals surface area (Å²) in [5.74, 6) is -3.01. The Morgan fingerprint density at radius 2 is 2.08 bits per heavy atom. The highest BCUT2D eigenvalue weighted by Crippen LogP contribution is 2.44. The van der Waals surface area contributed by atoms with Crippen molar-refractivity contribution in [3.63, 3.8) is 0 Å². The molecule has 10 heteroatoms. The van der Waals surface area contributed by atoms with Gasteiger partial charge in [-0.05, 0) is 23.6 Å². The highest BCUT2D eigenvalue weighted by Gasteiger charge is 2.66. The maximum Gasteiger partial charge on any atom is 0.437 e. The molecule has 2 aromatic heterocycles. The van der Waals surface area contributed by atoms with E-state index in [9.17, 15) is 27.9 Å². The first kappa shape index (κ1) is 17.4. The monoisotopic (exact) mass is 371 g/mol. The summed E-state index contributed by atoms with van der Waals surface area (Å²) < 4.78 is 40.7. The smallest absolute Gasteiger partial charge is 0.363 e. The third-order valence-corrected chi connectivity index (χ3v) is 4.84. The van der Waals surface area contributed by atoms with Crippen molar-refractivity contribution >= 4 is 23.2 Å². The van der Waals surface area contributed by atoms with Crippen LogP contribution in [0.1, 0.15) is 21.3 Å². The lowest BCUT2D eigenvalue weighted by Gasteiger charge is -2.44. The van der Waals surface area contributed by atoms with Gasteiger partial charge in [-0.2, -0.15) is 13.2 Å². The summed E-state index contributed by atoms with van der Waals surface area (Å²) in [6.45, 7) is 0. The van der Waals surface area contributed by atoms with Gasteiger partial charge in [0.15, 0.2) is 5.78 Å². The number of halogens is 3. The van der Waals surface area contributed by atoms with Crippen LogP contribution in [0.3, 0.4) is 0 Å². The first-order chi connectivity index (χ1) is 11.7. The second-order valence-electron chi connectivity index (χ2n) is 5.44. The van der Waals surface area contributed by atoms with Gasteiger partial charge < -0.3 is 15.7 Å². The van der Waals surface area contributed by atoms with Crippen molar-refractivity contribution in [1.29, 1.82) is 0 Å². The molecule has 1 fully saturated rings. The fourth-order valence-electron chi connectivity index (χ4n) is 2.73. The van der Waals surface area contributed by atoms with Gasteiger partial charge in [-0.3, -0.25) is 9.78 Å². The molecule has 2 aromatic rings. The number of Topliss-reactive ketones (excluding diaryl/α,β-unsaturated/α-hetero) is 1. The number of carbonyl (C=O) groups is 2. The zero-order chi connectivity index (χ0) is 18.2. The molecule has 0 unspecified atom stereocenters. The minimum Gasteiger partial charge on any atom is -0.363 e. The lowest BCUT2D eigenvalue weighted by atomic mass is 9.79. The molecule has 0 bridgehead atoms. The van der Waals surface area contributed by atoms with Gasteiger partial charge in [-0.25, -0.2) is 4.79 Å². The van der Waals surface area contributed by atoms with Crippen molar-refractivity contribution in [2.24, 2.45) is 5.92 Å². The van der Waals surface area contributed by atoms with Gasteiger partial charge in [-0.15, -0.1) is 11.3 Å². The molecule has 6 nitrogen and oxygen atoms in total. The Labute approximate surface area is 143 Å². The van der Waals surface area contributed by atoms with Crippen LogP contribution in [0.15, 0.2) is 42.0 Å². The Kier molecular flexibility index (Phi) is 4.25. The molecule has 3 atom stereocenters. The number of hydrogen-bond donors (Lipinski definition) is 3. The van der Waals surface area contributed by atoms with Crippen LogP contribution in [-0.2, 0) is 0 Å². The number of thiophene rings is 1. The lowest BCUT2D eigenvalue weighted by molar-refractivity contribution is -0.287. The van der Waals surface area contributed by atoms with E-state index in [1.807, 2.05) is 0 Å². The molecule has 1 aliphatic rings. The predicted molar refractivity (Wildman–Crippen MR) is 81.8 cm³/mol. The molecule has 1 saturated heterocycles. The maximum atomic E-state index is 13.6. The van der Waals surface area contributed by atoms with Gasteiger partial charge in [0.25, 0.3) is 0 Å². The number of alkyl halides is 3. The number of carbonyl (C=O) groups excluding carboxylic acids is 2. The summed E-state index contributed by atoms with van der Waals surface area (Å²) in [6.07, 6.45) is -2.78. The molecule has 0 saturated carbocycles. The van der Waals surface area contributed by atoms with E-state index in [1.54, 1.807) is 11.4 Å². The number of aromatic nitrogens is 1. The van der Waals surface area contributed by atoms with Gasteiger partial charge in [0.05, 0.1) is 6.04 Å². The minimum absolute atomic E-state index is 0.102. The fraction of sp³-hybridized carbons (Fsp3) is 0.267. The van der Waals surface area contributed by atoms with Crippen LogP contribution >= 0.6 is 11.3 Å². The molecule has 0 spiro atoms. The van der Waals surface area contributed by atoms with E-state index in [2.05, 4.69) is 10.3 Å². The quantitative estimate of drug-likeness (QED) is 0.722. The molecule has 132 valence electrons. The number of pyridine rings is 1. The number of hydrogen-bond acceptors (Lipinski definition) is 5. The number of rotatable bonds is 3. The summed E-state index contributed by atoms with van der Waals surface area (Å²) >= 11 is 1.07. The molecule has 25 heavy (non-hydrogen) atoms. The molecule has 0 aromatic carbocycles. The number of urea groups is 1. The molecule has 2 amide bonds. The topological polar surface area (TPSA) is 91.3 Å². The molecule has 3 N–H and O–H groups in total. The van der Waals surface area contributed by atoms with Gasteiger partial charge in [-0.1, -0.05) is 6.07 Å². The van der Waals surface area contributed by atoms with Crippen molar-refractivity contribution < 1.29 is 27.9 Å². The van der Waals surface area contributed by atoms with Gasteiger partial charge in [0.1, 0.15) is 5.92 Å². The highest BCUT2D eigenvalue weighted by atomic mass is 32.1. The van der Waals surface area contributed by atoms with E-state index < -0.39 is 35.7 Å². The predicted octanol–water partition coefficient (Wildman–Crippen LogP) is 2.25.